The summed E-state index contributed by atoms with van der Waals surface area (Å²) >= 11 is 0. The van der Waals surface area contributed by atoms with Gasteiger partial charge in [0, 0.05) is 86.3 Å². The molecule has 4 N–H and O–H groups in total. The topological polar surface area (TPSA) is 232 Å². The van der Waals surface area contributed by atoms with Crippen LogP contribution in [-0.2, 0) is 59.8 Å². The number of nitriles is 1. The molecule has 0 aliphatic carbocycles. The van der Waals surface area contributed by atoms with Crippen LogP contribution in [0.3, 0.4) is 0 Å². The Morgan fingerprint density at radius 1 is 0.815 bits per heavy atom. The summed E-state index contributed by atoms with van der Waals surface area (Å²) in [6.07, 6.45) is 6.78. The lowest BCUT2D eigenvalue weighted by atomic mass is 9.88. The van der Waals surface area contributed by atoms with Crippen molar-refractivity contribution in [3.8, 4) is 11.8 Å². The summed E-state index contributed by atoms with van der Waals surface area (Å²) in [6, 6.07) is 11.6. The zero-order valence-electron chi connectivity index (χ0n) is 35.1. The molecule has 65 heavy (non-hydrogen) atoms. The third-order valence-corrected chi connectivity index (χ3v) is 14.4. The van der Waals surface area contributed by atoms with Crippen LogP contribution in [0.5, 0.6) is 5.75 Å². The summed E-state index contributed by atoms with van der Waals surface area (Å²) in [5.74, 6) is -4.20. The summed E-state index contributed by atoms with van der Waals surface area (Å²) in [5, 5.41) is 18.4. The molecule has 22 heteroatoms. The van der Waals surface area contributed by atoms with Gasteiger partial charge in [0.05, 0.1) is 16.8 Å². The first-order chi connectivity index (χ1) is 30.6. The highest BCUT2D eigenvalue weighted by molar-refractivity contribution is 7.90. The second kappa shape index (κ2) is 16.6. The van der Waals surface area contributed by atoms with Gasteiger partial charge < -0.3 is 29.0 Å². The number of anilines is 2. The van der Waals surface area contributed by atoms with Crippen molar-refractivity contribution >= 4 is 43.2 Å². The van der Waals surface area contributed by atoms with E-state index in [0.717, 1.165) is 24.3 Å². The maximum atomic E-state index is 13.9. The molecule has 6 heterocycles. The third-order valence-electron chi connectivity index (χ3n) is 11.1. The summed E-state index contributed by atoms with van der Waals surface area (Å²) in [5.41, 5.74) is -0.420. The number of sulfonamides is 2. The fraction of sp³-hybridized carbons (Fsp3) is 0.279. The number of hydrogen-bond acceptors (Lipinski definition) is 11. The summed E-state index contributed by atoms with van der Waals surface area (Å²) in [7, 11) is -5.40. The van der Waals surface area contributed by atoms with Crippen LogP contribution < -0.4 is 24.8 Å². The molecule has 6 aromatic rings. The Morgan fingerprint density at radius 2 is 1.45 bits per heavy atom. The number of ether oxygens (including phenoxy) is 1. The molecule has 2 unspecified atom stereocenters. The summed E-state index contributed by atoms with van der Waals surface area (Å²) < 4.78 is 116. The highest BCUT2D eigenvalue weighted by Gasteiger charge is 2.42. The minimum Gasteiger partial charge on any atom is -0.488 e. The van der Waals surface area contributed by atoms with Gasteiger partial charge in [-0.05, 0) is 74.6 Å². The number of hydrogen-bond donors (Lipinski definition) is 4. The van der Waals surface area contributed by atoms with E-state index in [0.29, 0.717) is 22.6 Å². The fourth-order valence-corrected chi connectivity index (χ4v) is 11.6. The van der Waals surface area contributed by atoms with Crippen molar-refractivity contribution in [2.75, 3.05) is 17.2 Å². The Morgan fingerprint density at radius 3 is 2.17 bits per heavy atom. The number of carbonyl (C=O) groups excluding carboxylic acids is 2. The van der Waals surface area contributed by atoms with E-state index in [1.54, 1.807) is 38.4 Å². The average Bonchev–Trinajstić information content (AvgIpc) is 3.89. The maximum Gasteiger partial charge on any atom is 0.276 e. The third kappa shape index (κ3) is 9.13. The van der Waals surface area contributed by atoms with E-state index < -0.39 is 60.4 Å². The molecule has 2 atom stereocenters. The first kappa shape index (κ1) is 44.8. The molecule has 17 nitrogen and oxygen atoms in total. The van der Waals surface area contributed by atoms with Crippen molar-refractivity contribution in [3.63, 3.8) is 0 Å². The van der Waals surface area contributed by atoms with Gasteiger partial charge in [0.25, 0.3) is 11.8 Å². The first-order valence-electron chi connectivity index (χ1n) is 19.9. The number of benzene rings is 2. The molecular formula is C43H40F3N9O8S2. The molecule has 2 amide bonds. The van der Waals surface area contributed by atoms with Crippen LogP contribution in [0.4, 0.5) is 24.5 Å². The largest absolute Gasteiger partial charge is 0.488 e. The second-order valence-electron chi connectivity index (χ2n) is 16.7. The van der Waals surface area contributed by atoms with E-state index >= 15 is 0 Å². The van der Waals surface area contributed by atoms with E-state index in [1.165, 1.54) is 47.8 Å². The lowest BCUT2D eigenvalue weighted by Gasteiger charge is -2.29. The zero-order valence-corrected chi connectivity index (χ0v) is 36.8. The molecule has 0 spiro atoms. The van der Waals surface area contributed by atoms with E-state index in [-0.39, 0.29) is 88.1 Å². The standard InChI is InChI=1S/C43H40F3N9O8S2/c1-42(10-9-31-35(64(58,59)52-42)21-54(3)37(31)40(56)50-28-6-8-33(45)34(46)15-28)16-25-11-24(19-48-20-25)12-30-14-29(51-63-30)17-43(2)23-62-39-36(65(60,61)53-43)22-55(4)38(39)41(57)49-27-5-7-32(44)26(13-27)18-47/h5-8,11,13-15,19-22,52-53H,9-10,12,16-17,23H2,1-4H3,(H,49,57)(H,50,56). The molecule has 2 aliphatic heterocycles. The zero-order chi connectivity index (χ0) is 46.6. The van der Waals surface area contributed by atoms with Gasteiger partial charge >= 0.3 is 0 Å². The minimum atomic E-state index is -4.26. The van der Waals surface area contributed by atoms with Gasteiger partial charge in [-0.3, -0.25) is 14.6 Å². The highest BCUT2D eigenvalue weighted by atomic mass is 32.2. The number of carbonyl (C=O) groups is 2. The van der Waals surface area contributed by atoms with E-state index in [1.807, 2.05) is 6.07 Å². The Balaban J connectivity index is 0.931. The quantitative estimate of drug-likeness (QED) is 0.142. The van der Waals surface area contributed by atoms with Crippen molar-refractivity contribution in [2.24, 2.45) is 14.1 Å². The number of halogens is 3. The van der Waals surface area contributed by atoms with E-state index in [4.69, 9.17) is 9.26 Å². The summed E-state index contributed by atoms with van der Waals surface area (Å²) in [6.45, 7) is 3.16. The predicted octanol–water partition coefficient (Wildman–Crippen LogP) is 5.03. The number of rotatable bonds is 10. The number of fused-ring (bicyclic) bond motifs is 2. The van der Waals surface area contributed by atoms with Crippen LogP contribution in [0.1, 0.15) is 75.0 Å². The van der Waals surface area contributed by atoms with Crippen LogP contribution in [0.25, 0.3) is 0 Å². The van der Waals surface area contributed by atoms with Crippen LogP contribution in [-0.4, -0.2) is 65.6 Å². The van der Waals surface area contributed by atoms with Crippen molar-refractivity contribution in [1.29, 1.82) is 5.26 Å². The molecule has 0 fully saturated rings. The van der Waals surface area contributed by atoms with Crippen LogP contribution >= 0.6 is 0 Å². The van der Waals surface area contributed by atoms with Crippen molar-refractivity contribution < 1.29 is 48.9 Å². The number of amides is 2. The van der Waals surface area contributed by atoms with Crippen molar-refractivity contribution in [1.82, 2.24) is 28.7 Å². The number of aryl methyl sites for hydroxylation is 2. The Bertz CT molecular complexity index is 3200. The monoisotopic (exact) mass is 931 g/mol. The Kier molecular flexibility index (Phi) is 11.5. The minimum absolute atomic E-state index is 0.00219. The molecule has 2 aliphatic rings. The van der Waals surface area contributed by atoms with Gasteiger partial charge in [-0.25, -0.2) is 39.5 Å². The molecule has 2 aromatic carbocycles. The van der Waals surface area contributed by atoms with Gasteiger partial charge in [-0.2, -0.15) is 5.26 Å². The number of pyridine rings is 1. The average molecular weight is 932 g/mol. The van der Waals surface area contributed by atoms with Crippen LogP contribution in [0.2, 0.25) is 0 Å². The smallest absolute Gasteiger partial charge is 0.276 e. The molecular weight excluding hydrogens is 892 g/mol. The van der Waals surface area contributed by atoms with E-state index in [9.17, 15) is 44.9 Å². The lowest BCUT2D eigenvalue weighted by Crippen LogP contribution is -2.50. The van der Waals surface area contributed by atoms with Crippen molar-refractivity contribution in [2.45, 2.75) is 66.8 Å². The SMILES string of the molecule is Cn1cc2c(c1C(=O)Nc1ccc(F)c(F)c1)CCC(C)(Cc1cncc(Cc3cc(CC4(C)COc5c(cn(C)c5C(=O)Nc5ccc(F)c(C#N)c5)S(=O)(=O)N4)no3)c1)NS2(=O)=O. The maximum absolute atomic E-state index is 13.9. The molecule has 0 saturated carbocycles. The molecule has 0 radical (unpaired) electrons. The van der Waals surface area contributed by atoms with Gasteiger partial charge in [0.1, 0.15) is 39.7 Å². The van der Waals surface area contributed by atoms with Crippen LogP contribution in [0, 0.1) is 28.8 Å². The van der Waals surface area contributed by atoms with Gasteiger partial charge in [-0.15, -0.1) is 0 Å². The molecule has 4 aromatic heterocycles. The molecule has 0 bridgehead atoms. The summed E-state index contributed by atoms with van der Waals surface area (Å²) in [4.78, 5) is 30.8. The molecule has 338 valence electrons. The molecule has 8 rings (SSSR count). The number of nitrogens with zero attached hydrogens (tertiary/aromatic N) is 5. The number of nitrogens with one attached hydrogen (secondary N) is 4. The van der Waals surface area contributed by atoms with Gasteiger partial charge in [0.2, 0.25) is 20.0 Å². The Labute approximate surface area is 370 Å². The van der Waals surface area contributed by atoms with Gasteiger partial charge in [-0.1, -0.05) is 11.2 Å². The predicted molar refractivity (Wildman–Crippen MR) is 226 cm³/mol. The van der Waals surface area contributed by atoms with Crippen LogP contribution in [0.15, 0.2) is 87.6 Å². The highest BCUT2D eigenvalue weighted by Crippen LogP contribution is 2.36. The number of aromatic nitrogens is 4. The molecule has 0 saturated heterocycles. The van der Waals surface area contributed by atoms with Crippen molar-refractivity contribution in [3.05, 3.63) is 136 Å². The Hall–Kier alpha value is -6.80. The fourth-order valence-electron chi connectivity index (χ4n) is 8.22. The second-order valence-corrected chi connectivity index (χ2v) is 20.0. The van der Waals surface area contributed by atoms with E-state index in [2.05, 4.69) is 30.2 Å². The normalized spacial score (nSPS) is 19.7. The first-order valence-corrected chi connectivity index (χ1v) is 22.8. The van der Waals surface area contributed by atoms with Gasteiger partial charge in [0.15, 0.2) is 23.1 Å². The lowest BCUT2D eigenvalue weighted by molar-refractivity contribution is 0.100.